The Hall–Kier alpha value is -4.87. The SMILES string of the molecule is CCN1/C(=C/C=C/c2n(CC)c3cc(-c4nc5ccccc5s4)ccc3[n+]2CCO)N(CCO)c2ccc(-c3nc4ccccc4s3)cc21. The Morgan fingerprint density at radius 2 is 1.41 bits per heavy atom. The monoisotopic (exact) mass is 685 g/mol. The van der Waals surface area contributed by atoms with Gasteiger partial charge in [0.2, 0.25) is 0 Å². The quantitative estimate of drug-likeness (QED) is 0.144. The van der Waals surface area contributed by atoms with Crippen LogP contribution in [-0.2, 0) is 13.1 Å². The van der Waals surface area contributed by atoms with Crippen molar-refractivity contribution in [3.8, 4) is 21.1 Å². The average molecular weight is 686 g/mol. The van der Waals surface area contributed by atoms with E-state index in [0.717, 1.165) is 79.3 Å². The number of anilines is 2. The Labute approximate surface area is 292 Å². The molecule has 0 aliphatic carbocycles. The number of benzene rings is 4. The topological polar surface area (TPSA) is 81.5 Å². The van der Waals surface area contributed by atoms with Crippen LogP contribution in [0.5, 0.6) is 0 Å². The molecule has 4 heterocycles. The van der Waals surface area contributed by atoms with E-state index >= 15 is 0 Å². The predicted octanol–water partition coefficient (Wildman–Crippen LogP) is 7.69. The van der Waals surface area contributed by atoms with Gasteiger partial charge in [0.1, 0.15) is 22.4 Å². The number of allylic oxidation sites excluding steroid dienone is 2. The number of nitrogens with zero attached hydrogens (tertiary/aromatic N) is 6. The lowest BCUT2D eigenvalue weighted by molar-refractivity contribution is -0.675. The number of thiazole rings is 2. The zero-order chi connectivity index (χ0) is 33.5. The van der Waals surface area contributed by atoms with Crippen molar-refractivity contribution in [3.63, 3.8) is 0 Å². The third-order valence-electron chi connectivity index (χ3n) is 9.07. The van der Waals surface area contributed by atoms with Crippen molar-refractivity contribution in [2.75, 3.05) is 36.1 Å². The Morgan fingerprint density at radius 3 is 2.04 bits per heavy atom. The van der Waals surface area contributed by atoms with Crippen LogP contribution in [0.25, 0.3) is 58.7 Å². The molecule has 4 aromatic carbocycles. The summed E-state index contributed by atoms with van der Waals surface area (Å²) >= 11 is 3.41. The minimum Gasteiger partial charge on any atom is -0.395 e. The summed E-state index contributed by atoms with van der Waals surface area (Å²) in [6.07, 6.45) is 6.35. The van der Waals surface area contributed by atoms with Crippen LogP contribution in [-0.4, -0.2) is 51.1 Å². The lowest BCUT2D eigenvalue weighted by Gasteiger charge is -2.23. The van der Waals surface area contributed by atoms with Crippen LogP contribution in [0.3, 0.4) is 0 Å². The number of hydrogen-bond donors (Lipinski definition) is 2. The molecule has 1 aliphatic heterocycles. The molecule has 10 heteroatoms. The lowest BCUT2D eigenvalue weighted by Crippen LogP contribution is -2.38. The molecule has 8 rings (SSSR count). The van der Waals surface area contributed by atoms with Crippen molar-refractivity contribution < 1.29 is 14.8 Å². The first kappa shape index (κ1) is 31.4. The normalized spacial score (nSPS) is 14.1. The van der Waals surface area contributed by atoms with Gasteiger partial charge in [-0.2, -0.15) is 0 Å². The molecule has 0 unspecified atom stereocenters. The first-order chi connectivity index (χ1) is 24.1. The Morgan fingerprint density at radius 1 is 0.735 bits per heavy atom. The summed E-state index contributed by atoms with van der Waals surface area (Å²) in [6, 6.07) is 29.5. The van der Waals surface area contributed by atoms with Gasteiger partial charge >= 0.3 is 0 Å². The zero-order valence-corrected chi connectivity index (χ0v) is 29.1. The van der Waals surface area contributed by atoms with Crippen molar-refractivity contribution >= 4 is 71.6 Å². The third-order valence-corrected chi connectivity index (χ3v) is 11.2. The van der Waals surface area contributed by atoms with Gasteiger partial charge in [-0.15, -0.1) is 22.7 Å². The largest absolute Gasteiger partial charge is 0.395 e. The molecule has 0 amide bonds. The maximum absolute atomic E-state index is 10.1. The highest BCUT2D eigenvalue weighted by molar-refractivity contribution is 7.22. The number of fused-ring (bicyclic) bond motifs is 4. The molecule has 3 aromatic heterocycles. The van der Waals surface area contributed by atoms with Gasteiger partial charge < -0.3 is 20.0 Å². The average Bonchev–Trinajstić information content (AvgIpc) is 3.89. The molecule has 49 heavy (non-hydrogen) atoms. The second-order valence-electron chi connectivity index (χ2n) is 11.9. The van der Waals surface area contributed by atoms with Gasteiger partial charge in [-0.1, -0.05) is 30.3 Å². The van der Waals surface area contributed by atoms with Crippen molar-refractivity contribution in [1.82, 2.24) is 14.5 Å². The van der Waals surface area contributed by atoms with Crippen molar-refractivity contribution in [3.05, 3.63) is 109 Å². The fourth-order valence-corrected chi connectivity index (χ4v) is 8.82. The van der Waals surface area contributed by atoms with Crippen LogP contribution in [0.1, 0.15) is 19.7 Å². The molecule has 0 saturated carbocycles. The predicted molar refractivity (Wildman–Crippen MR) is 203 cm³/mol. The van der Waals surface area contributed by atoms with E-state index in [1.165, 1.54) is 9.40 Å². The molecule has 8 nitrogen and oxygen atoms in total. The number of aryl methyl sites for hydroxylation is 1. The molecule has 2 N–H and O–H groups in total. The highest BCUT2D eigenvalue weighted by atomic mass is 32.1. The fraction of sp³-hybridized carbons (Fsp3) is 0.205. The number of imidazole rings is 1. The van der Waals surface area contributed by atoms with Gasteiger partial charge in [0.25, 0.3) is 5.82 Å². The lowest BCUT2D eigenvalue weighted by atomic mass is 10.1. The Kier molecular flexibility index (Phi) is 8.46. The zero-order valence-electron chi connectivity index (χ0n) is 27.5. The first-order valence-electron chi connectivity index (χ1n) is 16.7. The number of para-hydroxylation sites is 2. The molecular formula is C39H37N6O2S2+. The van der Waals surface area contributed by atoms with E-state index < -0.39 is 0 Å². The van der Waals surface area contributed by atoms with E-state index in [1.807, 2.05) is 12.1 Å². The molecule has 0 radical (unpaired) electrons. The number of aliphatic hydroxyl groups is 2. The molecule has 0 spiro atoms. The molecule has 1 aliphatic rings. The summed E-state index contributed by atoms with van der Waals surface area (Å²) in [5.41, 5.74) is 8.54. The summed E-state index contributed by atoms with van der Waals surface area (Å²) in [5.74, 6) is 2.02. The summed E-state index contributed by atoms with van der Waals surface area (Å²) < 4.78 is 6.84. The molecule has 0 fully saturated rings. The van der Waals surface area contributed by atoms with E-state index in [4.69, 9.17) is 9.97 Å². The highest BCUT2D eigenvalue weighted by Crippen LogP contribution is 2.44. The standard InChI is InChI=1S/C39H37N6O2S2/c1-3-42-32-24-26(38-40-28-10-5-7-12-34(28)48-38)16-18-30(32)44(20-22-46)36(42)14-9-15-37-43(4-2)33-25-27(17-19-31(33)45(37)21-23-47)39-41-29-11-6-8-13-35(29)49-39/h5-19,24-25,46-47H,3-4,20-23H2,1-2H3/q+1. The van der Waals surface area contributed by atoms with Gasteiger partial charge in [-0.3, -0.25) is 0 Å². The number of aromatic nitrogens is 4. The molecule has 246 valence electrons. The van der Waals surface area contributed by atoms with Gasteiger partial charge in [0.15, 0.2) is 11.0 Å². The van der Waals surface area contributed by atoms with Crippen molar-refractivity contribution in [1.29, 1.82) is 0 Å². The second kappa shape index (κ2) is 13.2. The maximum Gasteiger partial charge on any atom is 0.282 e. The van der Waals surface area contributed by atoms with Crippen LogP contribution >= 0.6 is 22.7 Å². The van der Waals surface area contributed by atoms with E-state index in [2.05, 4.69) is 124 Å². The number of hydrogen-bond acceptors (Lipinski definition) is 8. The molecule has 7 aromatic rings. The summed E-state index contributed by atoms with van der Waals surface area (Å²) in [7, 11) is 0. The number of rotatable bonds is 10. The summed E-state index contributed by atoms with van der Waals surface area (Å²) in [4.78, 5) is 14.3. The number of β-amino-alcohol motifs (C(OH)–C–C–N with tert-alkyl or cyclic N) is 1. The number of aliphatic hydroxyl groups excluding tert-OH is 2. The van der Waals surface area contributed by atoms with Gasteiger partial charge in [-0.25, -0.2) is 19.1 Å². The Bertz CT molecular complexity index is 2320. The van der Waals surface area contributed by atoms with Crippen LogP contribution in [0.2, 0.25) is 0 Å². The molecule has 0 saturated heterocycles. The first-order valence-corrected chi connectivity index (χ1v) is 18.3. The highest BCUT2D eigenvalue weighted by Gasteiger charge is 2.30. The second-order valence-corrected chi connectivity index (χ2v) is 13.9. The van der Waals surface area contributed by atoms with Gasteiger partial charge in [-0.05, 0) is 80.6 Å². The fourth-order valence-electron chi connectivity index (χ4n) is 6.89. The van der Waals surface area contributed by atoms with E-state index in [1.54, 1.807) is 22.7 Å². The summed E-state index contributed by atoms with van der Waals surface area (Å²) in [6.45, 7) is 6.89. The van der Waals surface area contributed by atoms with Crippen LogP contribution in [0.4, 0.5) is 11.4 Å². The molecule has 0 atom stereocenters. The minimum absolute atomic E-state index is 0.0369. The van der Waals surface area contributed by atoms with Gasteiger partial charge in [0, 0.05) is 30.3 Å². The molecule has 0 bridgehead atoms. The van der Waals surface area contributed by atoms with E-state index in [0.29, 0.717) is 13.1 Å². The minimum atomic E-state index is 0.0369. The van der Waals surface area contributed by atoms with Crippen molar-refractivity contribution in [2.45, 2.75) is 26.9 Å². The van der Waals surface area contributed by atoms with Crippen LogP contribution in [0.15, 0.2) is 103 Å². The maximum atomic E-state index is 10.1. The third kappa shape index (κ3) is 5.50. The smallest absolute Gasteiger partial charge is 0.282 e. The Balaban J connectivity index is 1.17. The van der Waals surface area contributed by atoms with Crippen molar-refractivity contribution in [2.24, 2.45) is 0 Å². The van der Waals surface area contributed by atoms with Crippen LogP contribution < -0.4 is 14.4 Å². The van der Waals surface area contributed by atoms with Gasteiger partial charge in [0.05, 0.1) is 51.6 Å². The summed E-state index contributed by atoms with van der Waals surface area (Å²) in [5, 5.41) is 22.2. The van der Waals surface area contributed by atoms with Crippen LogP contribution in [0, 0.1) is 0 Å². The van der Waals surface area contributed by atoms with E-state index in [-0.39, 0.29) is 13.2 Å². The van der Waals surface area contributed by atoms with E-state index in [9.17, 15) is 10.2 Å². The molecular weight excluding hydrogens is 649 g/mol.